The summed E-state index contributed by atoms with van der Waals surface area (Å²) in [5.41, 5.74) is 2.08. The highest BCUT2D eigenvalue weighted by molar-refractivity contribution is 7.92. The number of carbonyl (C=O) groups excluding carboxylic acids is 1. The lowest BCUT2D eigenvalue weighted by Gasteiger charge is -2.20. The van der Waals surface area contributed by atoms with Crippen molar-refractivity contribution in [3.8, 4) is 28.3 Å². The summed E-state index contributed by atoms with van der Waals surface area (Å²) in [6, 6.07) is 16.9. The number of nitrogens with zero attached hydrogens (tertiary/aromatic N) is 3. The van der Waals surface area contributed by atoms with Gasteiger partial charge in [-0.15, -0.1) is 0 Å². The molecule has 0 radical (unpaired) electrons. The van der Waals surface area contributed by atoms with Gasteiger partial charge in [-0.2, -0.15) is 0 Å². The molecule has 6 aromatic rings. The highest BCUT2D eigenvalue weighted by atomic mass is 32.2. The lowest BCUT2D eigenvalue weighted by atomic mass is 10.0. The van der Waals surface area contributed by atoms with Gasteiger partial charge in [0.05, 0.1) is 28.9 Å². The van der Waals surface area contributed by atoms with Crippen LogP contribution in [-0.4, -0.2) is 44.2 Å². The van der Waals surface area contributed by atoms with E-state index in [2.05, 4.69) is 5.32 Å². The number of hydrogen-bond acceptors (Lipinski definition) is 5. The first-order valence-corrected chi connectivity index (χ1v) is 14.8. The molecule has 3 heterocycles. The molecule has 0 bridgehead atoms. The molecule has 0 fully saturated rings. The molecule has 1 N–H and O–H groups in total. The highest BCUT2D eigenvalue weighted by Crippen LogP contribution is 2.41. The second-order valence-corrected chi connectivity index (χ2v) is 11.9. The van der Waals surface area contributed by atoms with E-state index in [1.165, 1.54) is 55.1 Å². The third-order valence-electron chi connectivity index (χ3n) is 7.19. The molecule has 0 spiro atoms. The van der Waals surface area contributed by atoms with Crippen LogP contribution in [0.25, 0.3) is 50.3 Å². The van der Waals surface area contributed by atoms with E-state index in [0.717, 1.165) is 22.7 Å². The number of sulfonamides is 1. The van der Waals surface area contributed by atoms with Crippen LogP contribution < -0.4 is 9.62 Å². The van der Waals surface area contributed by atoms with Crippen LogP contribution in [0.2, 0.25) is 0 Å². The van der Waals surface area contributed by atoms with E-state index >= 15 is 0 Å². The number of fused-ring (bicyclic) bond motifs is 2. The van der Waals surface area contributed by atoms with Crippen LogP contribution in [0.5, 0.6) is 0 Å². The average molecular weight is 605 g/mol. The van der Waals surface area contributed by atoms with E-state index in [1.54, 1.807) is 30.5 Å². The number of anilines is 1. The molecule has 1 amide bonds. The number of hydrogen-bond donors (Lipinski definition) is 1. The zero-order chi connectivity index (χ0) is 30.6. The molecule has 3 aromatic heterocycles. The van der Waals surface area contributed by atoms with Gasteiger partial charge in [-0.05, 0) is 60.7 Å². The van der Waals surface area contributed by atoms with Crippen molar-refractivity contribution in [2.75, 3.05) is 24.7 Å². The van der Waals surface area contributed by atoms with Crippen LogP contribution in [0.1, 0.15) is 10.4 Å². The van der Waals surface area contributed by atoms with Gasteiger partial charge in [-0.1, -0.05) is 0 Å². The number of aromatic nitrogens is 2. The van der Waals surface area contributed by atoms with E-state index in [1.807, 2.05) is 0 Å². The van der Waals surface area contributed by atoms with Crippen molar-refractivity contribution in [1.82, 2.24) is 14.9 Å². The molecule has 0 unspecified atom stereocenters. The highest BCUT2D eigenvalue weighted by Gasteiger charge is 2.26. The minimum Gasteiger partial charge on any atom is -0.455 e. The van der Waals surface area contributed by atoms with Crippen LogP contribution >= 0.6 is 0 Å². The third-order valence-corrected chi connectivity index (χ3v) is 8.38. The maximum Gasteiger partial charge on any atom is 0.255 e. The Kier molecular flexibility index (Phi) is 6.73. The Balaban J connectivity index is 1.64. The molecule has 0 aliphatic carbocycles. The molecule has 6 rings (SSSR count). The summed E-state index contributed by atoms with van der Waals surface area (Å²) in [7, 11) is -0.944. The van der Waals surface area contributed by atoms with Crippen molar-refractivity contribution in [2.45, 2.75) is 0 Å². The van der Waals surface area contributed by atoms with Crippen molar-refractivity contribution in [2.24, 2.45) is 0 Å². The zero-order valence-electron chi connectivity index (χ0n) is 23.0. The van der Waals surface area contributed by atoms with E-state index in [-0.39, 0.29) is 28.3 Å². The molecular weight excluding hydrogens is 581 g/mol. The first kappa shape index (κ1) is 28.0. The van der Waals surface area contributed by atoms with E-state index < -0.39 is 33.4 Å². The van der Waals surface area contributed by atoms with Gasteiger partial charge in [0.15, 0.2) is 0 Å². The molecule has 0 saturated heterocycles. The van der Waals surface area contributed by atoms with Gasteiger partial charge in [0.1, 0.15) is 34.4 Å². The maximum atomic E-state index is 14.7. The summed E-state index contributed by atoms with van der Waals surface area (Å²) in [4.78, 5) is 17.9. The molecule has 0 aliphatic heterocycles. The molecule has 0 atom stereocenters. The Morgan fingerprint density at radius 3 is 2.35 bits per heavy atom. The fraction of sp³-hybridized carbons (Fsp3) is 0.0968. The van der Waals surface area contributed by atoms with Crippen LogP contribution in [0, 0.1) is 17.5 Å². The van der Waals surface area contributed by atoms with Gasteiger partial charge >= 0.3 is 0 Å². The number of pyridine rings is 1. The predicted molar refractivity (Wildman–Crippen MR) is 158 cm³/mol. The van der Waals surface area contributed by atoms with Gasteiger partial charge in [0, 0.05) is 54.3 Å². The second kappa shape index (κ2) is 10.3. The second-order valence-electron chi connectivity index (χ2n) is 9.88. The molecule has 8 nitrogen and oxygen atoms in total. The van der Waals surface area contributed by atoms with E-state index in [0.29, 0.717) is 33.2 Å². The van der Waals surface area contributed by atoms with Crippen molar-refractivity contribution in [3.05, 3.63) is 102 Å². The van der Waals surface area contributed by atoms with Gasteiger partial charge in [0.25, 0.3) is 5.91 Å². The van der Waals surface area contributed by atoms with Crippen molar-refractivity contribution >= 4 is 43.6 Å². The monoisotopic (exact) mass is 604 g/mol. The van der Waals surface area contributed by atoms with Crippen molar-refractivity contribution < 1.29 is 30.8 Å². The zero-order valence-corrected chi connectivity index (χ0v) is 23.8. The Hall–Kier alpha value is -5.10. The standard InChI is InChI=1S/C31H23F3N4O4S/c1-35-31(39)28-22-15-21(24-10-6-18-12-13-38(30(18)36-24)25-11-9-20(33)14-23(25)34)26(37(2)43(3,40)41)16-27(22)42-29(28)17-4-7-19(32)8-5-17/h4-16H,1-3H3,(H,35,39). The molecule has 12 heteroatoms. The fourth-order valence-corrected chi connectivity index (χ4v) is 5.47. The summed E-state index contributed by atoms with van der Waals surface area (Å²) in [6.07, 6.45) is 2.64. The lowest BCUT2D eigenvalue weighted by Crippen LogP contribution is -2.25. The van der Waals surface area contributed by atoms with Gasteiger partial charge in [0.2, 0.25) is 10.0 Å². The quantitative estimate of drug-likeness (QED) is 0.242. The summed E-state index contributed by atoms with van der Waals surface area (Å²) in [5, 5.41) is 3.61. The minimum absolute atomic E-state index is 0.0747. The third kappa shape index (κ3) is 4.89. The van der Waals surface area contributed by atoms with Gasteiger partial charge in [-0.25, -0.2) is 26.6 Å². The topological polar surface area (TPSA) is 97.4 Å². The number of benzene rings is 3. The molecule has 0 aliphatic rings. The molecule has 218 valence electrons. The number of rotatable bonds is 6. The maximum absolute atomic E-state index is 14.7. The summed E-state index contributed by atoms with van der Waals surface area (Å²) in [5.74, 6) is -2.28. The Morgan fingerprint density at radius 1 is 0.953 bits per heavy atom. The SMILES string of the molecule is CNC(=O)c1c(-c2ccc(F)cc2)oc2cc(N(C)S(C)(=O)=O)c(-c3ccc4ccn(-c5ccc(F)cc5F)c4n3)cc12. The minimum atomic E-state index is -3.78. The van der Waals surface area contributed by atoms with Crippen LogP contribution in [0.15, 0.2) is 83.4 Å². The Labute approximate surface area is 244 Å². The normalized spacial score (nSPS) is 11.8. The van der Waals surface area contributed by atoms with E-state index in [4.69, 9.17) is 9.40 Å². The van der Waals surface area contributed by atoms with Crippen LogP contribution in [0.3, 0.4) is 0 Å². The number of carbonyl (C=O) groups is 1. The lowest BCUT2D eigenvalue weighted by molar-refractivity contribution is 0.0964. The number of amides is 1. The molecule has 3 aromatic carbocycles. The largest absolute Gasteiger partial charge is 0.455 e. The molecule has 43 heavy (non-hydrogen) atoms. The predicted octanol–water partition coefficient (Wildman–Crippen LogP) is 6.28. The summed E-state index contributed by atoms with van der Waals surface area (Å²) >= 11 is 0. The number of nitrogens with one attached hydrogen (secondary N) is 1. The van der Waals surface area contributed by atoms with Gasteiger partial charge < -0.3 is 9.73 Å². The summed E-state index contributed by atoms with van der Waals surface area (Å²) < 4.78 is 76.0. The molecular formula is C31H23F3N4O4S. The van der Waals surface area contributed by atoms with Crippen LogP contribution in [-0.2, 0) is 10.0 Å². The smallest absolute Gasteiger partial charge is 0.255 e. The van der Waals surface area contributed by atoms with E-state index in [9.17, 15) is 26.4 Å². The van der Waals surface area contributed by atoms with Gasteiger partial charge in [-0.3, -0.25) is 13.7 Å². The number of furan rings is 1. The average Bonchev–Trinajstić information content (AvgIpc) is 3.56. The number of halogens is 3. The fourth-order valence-electron chi connectivity index (χ4n) is 4.96. The van der Waals surface area contributed by atoms with Crippen LogP contribution in [0.4, 0.5) is 18.9 Å². The first-order valence-electron chi connectivity index (χ1n) is 12.9. The Morgan fingerprint density at radius 2 is 1.67 bits per heavy atom. The van der Waals surface area contributed by atoms with Crippen molar-refractivity contribution in [3.63, 3.8) is 0 Å². The molecule has 0 saturated carbocycles. The van der Waals surface area contributed by atoms with Crippen molar-refractivity contribution in [1.29, 1.82) is 0 Å². The summed E-state index contributed by atoms with van der Waals surface area (Å²) in [6.45, 7) is 0. The Bertz CT molecular complexity index is 2170. The first-order chi connectivity index (χ1) is 20.5.